The molecule has 0 aromatic carbocycles. The highest BCUT2D eigenvalue weighted by atomic mass is 35.5. The van der Waals surface area contributed by atoms with E-state index < -0.39 is 0 Å². The fourth-order valence-electron chi connectivity index (χ4n) is 0.862. The van der Waals surface area contributed by atoms with E-state index in [4.69, 9.17) is 17.3 Å². The van der Waals surface area contributed by atoms with Crippen molar-refractivity contribution in [3.8, 4) is 0 Å². The van der Waals surface area contributed by atoms with E-state index in [9.17, 15) is 0 Å². The van der Waals surface area contributed by atoms with Crippen LogP contribution >= 0.6 is 23.4 Å². The molecule has 2 rings (SSSR count). The van der Waals surface area contributed by atoms with E-state index in [2.05, 4.69) is 19.9 Å². The number of nitrogens with two attached hydrogens (primary N) is 1. The summed E-state index contributed by atoms with van der Waals surface area (Å²) in [6.07, 6.45) is 4.75. The van der Waals surface area contributed by atoms with Crippen LogP contribution in [-0.2, 0) is 0 Å². The van der Waals surface area contributed by atoms with Crippen LogP contribution in [0.3, 0.4) is 0 Å². The van der Waals surface area contributed by atoms with Gasteiger partial charge in [-0.2, -0.15) is 0 Å². The molecule has 2 N–H and O–H groups in total. The summed E-state index contributed by atoms with van der Waals surface area (Å²) in [7, 11) is 0. The zero-order valence-electron chi connectivity index (χ0n) is 7.46. The topological polar surface area (TPSA) is 77.6 Å². The largest absolute Gasteiger partial charge is 0.395 e. The predicted octanol–water partition coefficient (Wildman–Crippen LogP) is 1.65. The van der Waals surface area contributed by atoms with Crippen LogP contribution in [0.5, 0.6) is 0 Å². The van der Waals surface area contributed by atoms with E-state index in [1.54, 1.807) is 18.5 Å². The van der Waals surface area contributed by atoms with Gasteiger partial charge >= 0.3 is 0 Å². The van der Waals surface area contributed by atoms with Gasteiger partial charge in [0.15, 0.2) is 5.16 Å². The highest BCUT2D eigenvalue weighted by Crippen LogP contribution is 2.27. The van der Waals surface area contributed by atoms with Crippen molar-refractivity contribution in [1.29, 1.82) is 0 Å². The molecular weight excluding hydrogens is 234 g/mol. The number of nitrogens with zero attached hydrogens (tertiary/aromatic N) is 4. The first-order valence-corrected chi connectivity index (χ1v) is 5.18. The Balaban J connectivity index is 2.28. The average molecular weight is 240 g/mol. The predicted molar refractivity (Wildman–Crippen MR) is 57.6 cm³/mol. The molecule has 0 spiro atoms. The van der Waals surface area contributed by atoms with E-state index in [1.165, 1.54) is 18.0 Å². The highest BCUT2D eigenvalue weighted by molar-refractivity contribution is 7.99. The van der Waals surface area contributed by atoms with Crippen LogP contribution in [0.1, 0.15) is 0 Å². The van der Waals surface area contributed by atoms with Crippen molar-refractivity contribution in [2.45, 2.75) is 10.2 Å². The third kappa shape index (κ3) is 2.54. The summed E-state index contributed by atoms with van der Waals surface area (Å²) in [6, 6.07) is 1.74. The Morgan fingerprint density at radius 1 is 1.20 bits per heavy atom. The Morgan fingerprint density at radius 3 is 2.67 bits per heavy atom. The number of hydrogen-bond acceptors (Lipinski definition) is 6. The first-order valence-electron chi connectivity index (χ1n) is 3.98. The Labute approximate surface area is 95.1 Å². The molecule has 7 heteroatoms. The van der Waals surface area contributed by atoms with Gasteiger partial charge in [0.1, 0.15) is 5.03 Å². The number of hydrogen-bond donors (Lipinski definition) is 1. The van der Waals surface area contributed by atoms with Crippen molar-refractivity contribution in [3.63, 3.8) is 0 Å². The molecule has 76 valence electrons. The number of halogens is 1. The first-order chi connectivity index (χ1) is 7.25. The molecular formula is C8H6ClN5S. The molecule has 0 atom stereocenters. The summed E-state index contributed by atoms with van der Waals surface area (Å²) < 4.78 is 0. The average Bonchev–Trinajstić information content (AvgIpc) is 2.25. The van der Waals surface area contributed by atoms with E-state index >= 15 is 0 Å². The van der Waals surface area contributed by atoms with Crippen LogP contribution in [0.4, 0.5) is 5.69 Å². The minimum atomic E-state index is 0.155. The second-order valence-electron chi connectivity index (χ2n) is 2.53. The lowest BCUT2D eigenvalue weighted by Gasteiger charge is -2.01. The zero-order valence-corrected chi connectivity index (χ0v) is 9.03. The molecule has 0 amide bonds. The van der Waals surface area contributed by atoms with Crippen LogP contribution in [0.15, 0.2) is 34.8 Å². The van der Waals surface area contributed by atoms with Gasteiger partial charge in [-0.15, -0.1) is 0 Å². The molecule has 2 aromatic heterocycles. The number of anilines is 1. The second-order valence-corrected chi connectivity index (χ2v) is 3.83. The quantitative estimate of drug-likeness (QED) is 0.634. The number of nitrogen functional groups attached to an aromatic ring is 1. The third-order valence-electron chi connectivity index (χ3n) is 1.48. The molecule has 0 unspecified atom stereocenters. The molecule has 2 aromatic rings. The molecule has 5 nitrogen and oxygen atoms in total. The van der Waals surface area contributed by atoms with Crippen molar-refractivity contribution in [3.05, 3.63) is 29.9 Å². The summed E-state index contributed by atoms with van der Waals surface area (Å²) in [5.41, 5.74) is 6.13. The van der Waals surface area contributed by atoms with Crippen LogP contribution in [0.2, 0.25) is 5.28 Å². The lowest BCUT2D eigenvalue weighted by molar-refractivity contribution is 0.957. The summed E-state index contributed by atoms with van der Waals surface area (Å²) in [6.45, 7) is 0. The van der Waals surface area contributed by atoms with Crippen molar-refractivity contribution in [2.75, 3.05) is 5.73 Å². The van der Waals surface area contributed by atoms with Crippen LogP contribution in [0, 0.1) is 0 Å². The molecule has 0 fully saturated rings. The molecule has 0 aliphatic carbocycles. The Morgan fingerprint density at radius 2 is 1.93 bits per heavy atom. The minimum Gasteiger partial charge on any atom is -0.395 e. The van der Waals surface area contributed by atoms with Gasteiger partial charge in [-0.1, -0.05) is 0 Å². The van der Waals surface area contributed by atoms with Crippen LogP contribution in [-0.4, -0.2) is 19.9 Å². The van der Waals surface area contributed by atoms with Crippen molar-refractivity contribution in [1.82, 2.24) is 19.9 Å². The molecule has 0 bridgehead atoms. The van der Waals surface area contributed by atoms with Gasteiger partial charge in [0.25, 0.3) is 0 Å². The van der Waals surface area contributed by atoms with E-state index in [1.807, 2.05) is 0 Å². The monoisotopic (exact) mass is 239 g/mol. The van der Waals surface area contributed by atoms with Crippen LogP contribution < -0.4 is 5.73 Å². The normalized spacial score (nSPS) is 10.2. The Hall–Kier alpha value is -1.40. The molecule has 0 aliphatic rings. The number of rotatable bonds is 2. The van der Waals surface area contributed by atoms with Crippen LogP contribution in [0.25, 0.3) is 0 Å². The van der Waals surface area contributed by atoms with E-state index in [-0.39, 0.29) is 5.28 Å². The molecule has 15 heavy (non-hydrogen) atoms. The van der Waals surface area contributed by atoms with Gasteiger partial charge in [0.2, 0.25) is 5.28 Å². The third-order valence-corrected chi connectivity index (χ3v) is 2.58. The maximum atomic E-state index is 5.68. The standard InChI is InChI=1S/C8H6ClN5S/c9-7-13-4-5(10)6(14-7)15-8-11-2-1-3-12-8/h1-4H,10H2. The van der Waals surface area contributed by atoms with Gasteiger partial charge in [0, 0.05) is 12.4 Å². The maximum absolute atomic E-state index is 5.68. The first kappa shape index (κ1) is 10.1. The lowest BCUT2D eigenvalue weighted by atomic mass is 10.6. The van der Waals surface area contributed by atoms with E-state index in [0.29, 0.717) is 15.9 Å². The van der Waals surface area contributed by atoms with Crippen molar-refractivity contribution in [2.24, 2.45) is 0 Å². The molecule has 0 radical (unpaired) electrons. The van der Waals surface area contributed by atoms with Gasteiger partial charge in [-0.05, 0) is 29.4 Å². The summed E-state index contributed by atoms with van der Waals surface area (Å²) in [5, 5.41) is 1.28. The summed E-state index contributed by atoms with van der Waals surface area (Å²) in [4.78, 5) is 15.8. The van der Waals surface area contributed by atoms with Crippen molar-refractivity contribution >= 4 is 29.1 Å². The second kappa shape index (κ2) is 4.41. The van der Waals surface area contributed by atoms with Gasteiger partial charge in [-0.3, -0.25) is 0 Å². The van der Waals surface area contributed by atoms with Gasteiger partial charge in [-0.25, -0.2) is 19.9 Å². The van der Waals surface area contributed by atoms with Gasteiger partial charge < -0.3 is 5.73 Å². The Kier molecular flexibility index (Phi) is 2.98. The maximum Gasteiger partial charge on any atom is 0.223 e. The van der Waals surface area contributed by atoms with Gasteiger partial charge in [0.05, 0.1) is 11.9 Å². The number of aromatic nitrogens is 4. The molecule has 2 heterocycles. The molecule has 0 aliphatic heterocycles. The fraction of sp³-hybridized carbons (Fsp3) is 0. The smallest absolute Gasteiger partial charge is 0.223 e. The fourth-order valence-corrected chi connectivity index (χ4v) is 1.75. The molecule has 0 saturated heterocycles. The van der Waals surface area contributed by atoms with E-state index in [0.717, 1.165) is 0 Å². The SMILES string of the molecule is Nc1cnc(Cl)nc1Sc1ncccn1. The van der Waals surface area contributed by atoms with Crippen molar-refractivity contribution < 1.29 is 0 Å². The summed E-state index contributed by atoms with van der Waals surface area (Å²) in [5.74, 6) is 0. The minimum absolute atomic E-state index is 0.155. The molecule has 0 saturated carbocycles. The summed E-state index contributed by atoms with van der Waals surface area (Å²) >= 11 is 6.90. The highest BCUT2D eigenvalue weighted by Gasteiger charge is 2.06. The zero-order chi connectivity index (χ0) is 10.7. The Bertz CT molecular complexity index is 464. The lowest BCUT2D eigenvalue weighted by Crippen LogP contribution is -1.95.